The van der Waals surface area contributed by atoms with Gasteiger partial charge in [-0.2, -0.15) is 0 Å². The molecule has 0 fully saturated rings. The number of benzene rings is 4. The molecular formula is C20H12O2. The first-order valence-corrected chi connectivity index (χ1v) is 7.26. The second kappa shape index (κ2) is 3.80. The van der Waals surface area contributed by atoms with Gasteiger partial charge in [0.25, 0.3) is 0 Å². The molecule has 4 aromatic carbocycles. The lowest BCUT2D eigenvalue weighted by Gasteiger charge is -2.06. The molecule has 2 heteroatoms. The molecule has 2 N–H and O–H groups in total. The minimum Gasteiger partial charge on any atom is -0.504 e. The fraction of sp³-hybridized carbons (Fsp3) is 0. The second-order valence-electron chi connectivity index (χ2n) is 5.73. The van der Waals surface area contributed by atoms with Crippen LogP contribution in [0.2, 0.25) is 0 Å². The van der Waals surface area contributed by atoms with Crippen LogP contribution in [0.5, 0.6) is 11.5 Å². The van der Waals surface area contributed by atoms with Crippen LogP contribution in [0, 0.1) is 0 Å². The topological polar surface area (TPSA) is 40.5 Å². The van der Waals surface area contributed by atoms with Crippen molar-refractivity contribution in [2.24, 2.45) is 0 Å². The van der Waals surface area contributed by atoms with E-state index in [-0.39, 0.29) is 11.5 Å². The fourth-order valence-corrected chi connectivity index (χ4v) is 3.66. The zero-order valence-electron chi connectivity index (χ0n) is 11.7. The van der Waals surface area contributed by atoms with Gasteiger partial charge >= 0.3 is 0 Å². The van der Waals surface area contributed by atoms with Gasteiger partial charge in [0.1, 0.15) is 0 Å². The molecule has 22 heavy (non-hydrogen) atoms. The van der Waals surface area contributed by atoms with Gasteiger partial charge in [0.15, 0.2) is 11.5 Å². The fourth-order valence-electron chi connectivity index (χ4n) is 3.66. The third-order valence-electron chi connectivity index (χ3n) is 4.60. The van der Waals surface area contributed by atoms with Gasteiger partial charge < -0.3 is 10.2 Å². The Balaban J connectivity index is 2.07. The van der Waals surface area contributed by atoms with Crippen LogP contribution in [0.4, 0.5) is 0 Å². The highest BCUT2D eigenvalue weighted by Crippen LogP contribution is 2.53. The van der Waals surface area contributed by atoms with Gasteiger partial charge in [0.05, 0.1) is 0 Å². The Labute approximate surface area is 126 Å². The first-order valence-electron chi connectivity index (χ1n) is 7.26. The largest absolute Gasteiger partial charge is 0.504 e. The van der Waals surface area contributed by atoms with E-state index in [9.17, 15) is 10.2 Å². The zero-order valence-corrected chi connectivity index (χ0v) is 11.7. The van der Waals surface area contributed by atoms with Crippen LogP contribution < -0.4 is 0 Å². The molecule has 5 rings (SSSR count). The van der Waals surface area contributed by atoms with Crippen LogP contribution in [0.15, 0.2) is 60.7 Å². The lowest BCUT2D eigenvalue weighted by Crippen LogP contribution is -1.80. The van der Waals surface area contributed by atoms with E-state index < -0.39 is 0 Å². The Bertz CT molecular complexity index is 1090. The van der Waals surface area contributed by atoms with E-state index >= 15 is 0 Å². The van der Waals surface area contributed by atoms with E-state index in [1.807, 2.05) is 24.3 Å². The van der Waals surface area contributed by atoms with E-state index in [2.05, 4.69) is 30.3 Å². The van der Waals surface area contributed by atoms with Crippen molar-refractivity contribution >= 4 is 21.5 Å². The molecule has 0 saturated carbocycles. The Morgan fingerprint density at radius 1 is 0.636 bits per heavy atom. The van der Waals surface area contributed by atoms with E-state index in [1.54, 1.807) is 6.07 Å². The van der Waals surface area contributed by atoms with Crippen molar-refractivity contribution in [2.75, 3.05) is 0 Å². The Hall–Kier alpha value is -3.00. The van der Waals surface area contributed by atoms with E-state index in [4.69, 9.17) is 0 Å². The number of aromatic hydroxyl groups is 2. The van der Waals surface area contributed by atoms with Crippen LogP contribution in [-0.2, 0) is 0 Å². The van der Waals surface area contributed by atoms with Crippen molar-refractivity contribution in [1.82, 2.24) is 0 Å². The number of rotatable bonds is 0. The van der Waals surface area contributed by atoms with Crippen LogP contribution in [0.25, 0.3) is 43.8 Å². The van der Waals surface area contributed by atoms with Crippen LogP contribution in [0.1, 0.15) is 0 Å². The van der Waals surface area contributed by atoms with Crippen molar-refractivity contribution in [3.63, 3.8) is 0 Å². The summed E-state index contributed by atoms with van der Waals surface area (Å²) in [5.41, 5.74) is 4.40. The zero-order chi connectivity index (χ0) is 14.8. The molecule has 0 radical (unpaired) electrons. The summed E-state index contributed by atoms with van der Waals surface area (Å²) in [4.78, 5) is 0. The number of hydrogen-bond donors (Lipinski definition) is 2. The molecule has 2 nitrogen and oxygen atoms in total. The summed E-state index contributed by atoms with van der Waals surface area (Å²) in [6.45, 7) is 0. The summed E-state index contributed by atoms with van der Waals surface area (Å²) in [7, 11) is 0. The van der Waals surface area contributed by atoms with Crippen LogP contribution in [0.3, 0.4) is 0 Å². The molecule has 1 aliphatic rings. The van der Waals surface area contributed by atoms with Gasteiger partial charge in [-0.3, -0.25) is 0 Å². The molecule has 1 aliphatic carbocycles. The average molecular weight is 284 g/mol. The smallest absolute Gasteiger partial charge is 0.165 e. The maximum Gasteiger partial charge on any atom is 0.165 e. The quantitative estimate of drug-likeness (QED) is 0.391. The first kappa shape index (κ1) is 11.6. The molecule has 0 bridgehead atoms. The number of phenolic OH excluding ortho intramolecular Hbond substituents is 2. The van der Waals surface area contributed by atoms with Gasteiger partial charge in [-0.25, -0.2) is 0 Å². The summed E-state index contributed by atoms with van der Waals surface area (Å²) < 4.78 is 0. The second-order valence-corrected chi connectivity index (χ2v) is 5.73. The standard InChI is InChI=1S/C20H12O2/c21-17-10-16-13-9-8-11-4-1-2-5-12(11)18(13)14-6-3-7-15(19(14)16)20(17)22/h1-10,21-22H. The van der Waals surface area contributed by atoms with Crippen molar-refractivity contribution < 1.29 is 10.2 Å². The molecule has 104 valence electrons. The molecule has 0 aliphatic heterocycles. The molecule has 4 aromatic rings. The highest BCUT2D eigenvalue weighted by Gasteiger charge is 2.25. The normalized spacial score (nSPS) is 12.0. The highest BCUT2D eigenvalue weighted by molar-refractivity contribution is 6.22. The highest BCUT2D eigenvalue weighted by atomic mass is 16.3. The number of phenols is 2. The third-order valence-corrected chi connectivity index (χ3v) is 4.60. The minimum atomic E-state index is -0.0688. The number of hydrogen-bond acceptors (Lipinski definition) is 2. The van der Waals surface area contributed by atoms with Gasteiger partial charge in [-0.15, -0.1) is 0 Å². The van der Waals surface area contributed by atoms with Gasteiger partial charge in [0, 0.05) is 10.8 Å². The van der Waals surface area contributed by atoms with Crippen molar-refractivity contribution in [3.05, 3.63) is 60.7 Å². The molecular weight excluding hydrogens is 272 g/mol. The first-order chi connectivity index (χ1) is 10.8. The van der Waals surface area contributed by atoms with Crippen LogP contribution >= 0.6 is 0 Å². The molecule has 0 amide bonds. The van der Waals surface area contributed by atoms with Crippen molar-refractivity contribution in [2.45, 2.75) is 0 Å². The lowest BCUT2D eigenvalue weighted by molar-refractivity contribution is 0.408. The van der Waals surface area contributed by atoms with E-state index in [0.29, 0.717) is 5.39 Å². The summed E-state index contributed by atoms with van der Waals surface area (Å²) in [5.74, 6) is -0.113. The maximum atomic E-state index is 10.2. The molecule has 0 saturated heterocycles. The molecule has 0 heterocycles. The monoisotopic (exact) mass is 284 g/mol. The summed E-state index contributed by atoms with van der Waals surface area (Å²) >= 11 is 0. The summed E-state index contributed by atoms with van der Waals surface area (Å²) in [6.07, 6.45) is 0. The molecule has 0 aromatic heterocycles. The van der Waals surface area contributed by atoms with Gasteiger partial charge in [0.2, 0.25) is 0 Å². The Kier molecular flexibility index (Phi) is 2.01. The average Bonchev–Trinajstić information content (AvgIpc) is 2.88. The molecule has 0 unspecified atom stereocenters. The van der Waals surface area contributed by atoms with Crippen LogP contribution in [-0.4, -0.2) is 10.2 Å². The van der Waals surface area contributed by atoms with Gasteiger partial charge in [-0.05, 0) is 39.1 Å². The lowest BCUT2D eigenvalue weighted by atomic mass is 9.97. The molecule has 0 atom stereocenters. The van der Waals surface area contributed by atoms with Gasteiger partial charge in [-0.1, -0.05) is 54.6 Å². The predicted molar refractivity (Wildman–Crippen MR) is 89.2 cm³/mol. The maximum absolute atomic E-state index is 10.2. The third kappa shape index (κ3) is 1.25. The number of fused-ring (bicyclic) bond motifs is 5. The summed E-state index contributed by atoms with van der Waals surface area (Å²) in [6, 6.07) is 20.0. The summed E-state index contributed by atoms with van der Waals surface area (Å²) in [5, 5.41) is 24.3. The van der Waals surface area contributed by atoms with Crippen molar-refractivity contribution in [3.8, 4) is 33.8 Å². The Morgan fingerprint density at radius 3 is 2.36 bits per heavy atom. The Morgan fingerprint density at radius 2 is 1.45 bits per heavy atom. The molecule has 0 spiro atoms. The minimum absolute atomic E-state index is 0.0438. The van der Waals surface area contributed by atoms with E-state index in [1.165, 1.54) is 16.3 Å². The predicted octanol–water partition coefficient (Wildman–Crippen LogP) is 5.05. The SMILES string of the molecule is Oc1cc2c3c(cccc3c1O)-c1c-2ccc2ccccc12. The van der Waals surface area contributed by atoms with E-state index in [0.717, 1.165) is 22.1 Å². The van der Waals surface area contributed by atoms with Crippen molar-refractivity contribution in [1.29, 1.82) is 0 Å².